The summed E-state index contributed by atoms with van der Waals surface area (Å²) in [4.78, 5) is 0.264. The maximum atomic E-state index is 11.3. The molecule has 0 saturated heterocycles. The molecule has 1 aromatic carbocycles. The highest BCUT2D eigenvalue weighted by atomic mass is 32.2. The van der Waals surface area contributed by atoms with Crippen molar-refractivity contribution in [3.63, 3.8) is 0 Å². The summed E-state index contributed by atoms with van der Waals surface area (Å²) >= 11 is 0. The molecule has 2 N–H and O–H groups in total. The van der Waals surface area contributed by atoms with Crippen molar-refractivity contribution in [3.8, 4) is 5.75 Å². The first-order chi connectivity index (χ1) is 9.00. The lowest BCUT2D eigenvalue weighted by Gasteiger charge is -2.06. The quantitative estimate of drug-likeness (QED) is 0.902. The molecule has 1 aromatic heterocycles. The molecule has 0 aliphatic rings. The van der Waals surface area contributed by atoms with Gasteiger partial charge < -0.3 is 14.9 Å². The van der Waals surface area contributed by atoms with Crippen LogP contribution in [0.5, 0.6) is 5.75 Å². The third-order valence-corrected chi connectivity index (χ3v) is 3.81. The van der Waals surface area contributed by atoms with Crippen LogP contribution in [-0.4, -0.2) is 14.7 Å². The van der Waals surface area contributed by atoms with Gasteiger partial charge in [0.05, 0.1) is 11.2 Å². The zero-order valence-corrected chi connectivity index (χ0v) is 11.3. The van der Waals surface area contributed by atoms with Crippen LogP contribution in [0.3, 0.4) is 0 Å². The Hall–Kier alpha value is -1.79. The van der Waals surface area contributed by atoms with Gasteiger partial charge in [-0.3, -0.25) is 0 Å². The van der Waals surface area contributed by atoms with E-state index < -0.39 is 9.84 Å². The maximum absolute atomic E-state index is 11.3. The summed E-state index contributed by atoms with van der Waals surface area (Å²) in [6, 6.07) is 8.04. The molecule has 0 atom stereocenters. The number of ether oxygens (including phenoxy) is 1. The second-order valence-corrected chi connectivity index (χ2v) is 6.12. The zero-order valence-electron chi connectivity index (χ0n) is 10.5. The molecule has 102 valence electrons. The number of furan rings is 1. The molecule has 6 heteroatoms. The first kappa shape index (κ1) is 13.6. The van der Waals surface area contributed by atoms with Crippen molar-refractivity contribution in [2.24, 2.45) is 5.73 Å². The van der Waals surface area contributed by atoms with Gasteiger partial charge in [0.15, 0.2) is 9.84 Å². The Kier molecular flexibility index (Phi) is 3.92. The number of nitrogens with two attached hydrogens (primary N) is 1. The maximum Gasteiger partial charge on any atom is 0.175 e. The topological polar surface area (TPSA) is 82.5 Å². The molecular weight excluding hydrogens is 266 g/mol. The Morgan fingerprint density at radius 2 is 1.89 bits per heavy atom. The Balaban J connectivity index is 2.05. The Bertz CT molecular complexity index is 644. The van der Waals surface area contributed by atoms with Crippen LogP contribution in [0, 0.1) is 0 Å². The molecule has 0 saturated carbocycles. The second kappa shape index (κ2) is 5.46. The SMILES string of the molecule is CS(=O)(=O)c1ccc(OCc2occc2CN)cc1. The number of hydrogen-bond acceptors (Lipinski definition) is 5. The Morgan fingerprint density at radius 3 is 2.47 bits per heavy atom. The molecule has 0 spiro atoms. The Labute approximate surface area is 111 Å². The van der Waals surface area contributed by atoms with Crippen molar-refractivity contribution in [1.29, 1.82) is 0 Å². The average Bonchev–Trinajstić information content (AvgIpc) is 2.83. The van der Waals surface area contributed by atoms with Crippen LogP contribution < -0.4 is 10.5 Å². The van der Waals surface area contributed by atoms with E-state index in [4.69, 9.17) is 14.9 Å². The first-order valence-electron chi connectivity index (χ1n) is 5.69. The lowest BCUT2D eigenvalue weighted by atomic mass is 10.2. The second-order valence-electron chi connectivity index (χ2n) is 4.11. The van der Waals surface area contributed by atoms with E-state index in [1.54, 1.807) is 24.5 Å². The normalized spacial score (nSPS) is 11.5. The molecule has 1 heterocycles. The van der Waals surface area contributed by atoms with Crippen LogP contribution in [0.25, 0.3) is 0 Å². The van der Waals surface area contributed by atoms with Crippen LogP contribution >= 0.6 is 0 Å². The van der Waals surface area contributed by atoms with Crippen LogP contribution in [-0.2, 0) is 23.0 Å². The number of benzene rings is 1. The number of sulfone groups is 1. The van der Waals surface area contributed by atoms with Crippen molar-refractivity contribution in [3.05, 3.63) is 47.9 Å². The van der Waals surface area contributed by atoms with Crippen LogP contribution in [0.2, 0.25) is 0 Å². The minimum atomic E-state index is -3.18. The number of hydrogen-bond donors (Lipinski definition) is 1. The fourth-order valence-corrected chi connectivity index (χ4v) is 2.24. The van der Waals surface area contributed by atoms with Crippen molar-refractivity contribution >= 4 is 9.84 Å². The van der Waals surface area contributed by atoms with Gasteiger partial charge in [-0.15, -0.1) is 0 Å². The van der Waals surface area contributed by atoms with Gasteiger partial charge in [-0.05, 0) is 30.3 Å². The molecule has 0 amide bonds. The lowest BCUT2D eigenvalue weighted by molar-refractivity contribution is 0.268. The molecule has 2 aromatic rings. The van der Waals surface area contributed by atoms with Gasteiger partial charge in [0.1, 0.15) is 18.1 Å². The van der Waals surface area contributed by atoms with Crippen molar-refractivity contribution in [2.45, 2.75) is 18.0 Å². The van der Waals surface area contributed by atoms with E-state index >= 15 is 0 Å². The van der Waals surface area contributed by atoms with Gasteiger partial charge in [0.2, 0.25) is 0 Å². The minimum absolute atomic E-state index is 0.262. The lowest BCUT2D eigenvalue weighted by Crippen LogP contribution is -2.02. The zero-order chi connectivity index (χ0) is 13.9. The summed E-state index contributed by atoms with van der Waals surface area (Å²) in [7, 11) is -3.18. The number of rotatable bonds is 5. The van der Waals surface area contributed by atoms with E-state index in [1.165, 1.54) is 18.4 Å². The van der Waals surface area contributed by atoms with E-state index in [2.05, 4.69) is 0 Å². The third kappa shape index (κ3) is 3.36. The monoisotopic (exact) mass is 281 g/mol. The van der Waals surface area contributed by atoms with Gasteiger partial charge in [0, 0.05) is 18.4 Å². The van der Waals surface area contributed by atoms with E-state index in [-0.39, 0.29) is 11.5 Å². The van der Waals surface area contributed by atoms with Gasteiger partial charge in [-0.25, -0.2) is 8.42 Å². The van der Waals surface area contributed by atoms with Gasteiger partial charge in [-0.2, -0.15) is 0 Å². The highest BCUT2D eigenvalue weighted by Crippen LogP contribution is 2.18. The smallest absolute Gasteiger partial charge is 0.175 e. The van der Waals surface area contributed by atoms with Crippen LogP contribution in [0.15, 0.2) is 45.9 Å². The molecule has 0 unspecified atom stereocenters. The van der Waals surface area contributed by atoms with Gasteiger partial charge in [-0.1, -0.05) is 0 Å². The van der Waals surface area contributed by atoms with E-state index in [0.29, 0.717) is 18.1 Å². The summed E-state index contributed by atoms with van der Waals surface area (Å²) in [5.41, 5.74) is 6.45. The molecule has 0 aliphatic heterocycles. The largest absolute Gasteiger partial charge is 0.486 e. The molecule has 0 radical (unpaired) electrons. The van der Waals surface area contributed by atoms with Crippen molar-refractivity contribution < 1.29 is 17.6 Å². The summed E-state index contributed by atoms with van der Waals surface area (Å²) in [5.74, 6) is 1.25. The molecule has 0 fully saturated rings. The van der Waals surface area contributed by atoms with Crippen molar-refractivity contribution in [1.82, 2.24) is 0 Å². The molecule has 19 heavy (non-hydrogen) atoms. The third-order valence-electron chi connectivity index (χ3n) is 2.68. The molecule has 5 nitrogen and oxygen atoms in total. The molecule has 0 aliphatic carbocycles. The standard InChI is InChI=1S/C13H15NO4S/c1-19(15,16)12-4-2-11(3-5-12)18-9-13-10(8-14)6-7-17-13/h2-7H,8-9,14H2,1H3. The molecule has 0 bridgehead atoms. The first-order valence-corrected chi connectivity index (χ1v) is 7.58. The molecule has 2 rings (SSSR count). The highest BCUT2D eigenvalue weighted by Gasteiger charge is 2.08. The van der Waals surface area contributed by atoms with E-state index in [9.17, 15) is 8.42 Å². The van der Waals surface area contributed by atoms with E-state index in [1.807, 2.05) is 0 Å². The predicted octanol–water partition coefficient (Wildman–Crippen LogP) is 1.72. The molecular formula is C13H15NO4S. The summed E-state index contributed by atoms with van der Waals surface area (Å²) in [6.07, 6.45) is 2.73. The predicted molar refractivity (Wildman–Crippen MR) is 70.5 cm³/mol. The van der Waals surface area contributed by atoms with E-state index in [0.717, 1.165) is 5.56 Å². The van der Waals surface area contributed by atoms with Crippen LogP contribution in [0.4, 0.5) is 0 Å². The highest BCUT2D eigenvalue weighted by molar-refractivity contribution is 7.90. The summed E-state index contributed by atoms with van der Waals surface area (Å²) in [6.45, 7) is 0.653. The minimum Gasteiger partial charge on any atom is -0.486 e. The summed E-state index contributed by atoms with van der Waals surface area (Å²) in [5, 5.41) is 0. The van der Waals surface area contributed by atoms with Crippen molar-refractivity contribution in [2.75, 3.05) is 6.26 Å². The fraction of sp³-hybridized carbons (Fsp3) is 0.231. The Morgan fingerprint density at radius 1 is 1.21 bits per heavy atom. The van der Waals surface area contributed by atoms with Gasteiger partial charge >= 0.3 is 0 Å². The average molecular weight is 281 g/mol. The summed E-state index contributed by atoms with van der Waals surface area (Å²) < 4.78 is 33.4. The fourth-order valence-electron chi connectivity index (χ4n) is 1.61. The van der Waals surface area contributed by atoms with Gasteiger partial charge in [0.25, 0.3) is 0 Å². The van der Waals surface area contributed by atoms with Crippen LogP contribution in [0.1, 0.15) is 11.3 Å².